The Bertz CT molecular complexity index is 624. The van der Waals surface area contributed by atoms with Gasteiger partial charge in [-0.05, 0) is 100 Å². The van der Waals surface area contributed by atoms with Crippen molar-refractivity contribution in [2.45, 2.75) is 77.6 Å². The number of allylic oxidation sites excluding steroid dienone is 2. The maximum absolute atomic E-state index is 14.6. The molecule has 150 valence electrons. The monoisotopic (exact) mass is 376 g/mol. The van der Waals surface area contributed by atoms with Crippen LogP contribution in [0.2, 0.25) is 0 Å². The molecule has 2 aliphatic rings. The van der Waals surface area contributed by atoms with Crippen molar-refractivity contribution in [1.29, 1.82) is 0 Å². The zero-order valence-electron chi connectivity index (χ0n) is 16.9. The van der Waals surface area contributed by atoms with E-state index in [2.05, 4.69) is 19.1 Å². The van der Waals surface area contributed by atoms with Crippen LogP contribution in [0, 0.1) is 29.4 Å². The molecule has 0 aromatic heterocycles. The first-order chi connectivity index (χ1) is 13.1. The fourth-order valence-electron chi connectivity index (χ4n) is 5.17. The second kappa shape index (κ2) is 9.71. The second-order valence-electron chi connectivity index (χ2n) is 8.44. The van der Waals surface area contributed by atoms with Crippen molar-refractivity contribution in [3.63, 3.8) is 0 Å². The highest BCUT2D eigenvalue weighted by atomic mass is 19.2. The highest BCUT2D eigenvalue weighted by molar-refractivity contribution is 5.33. The van der Waals surface area contributed by atoms with Gasteiger partial charge >= 0.3 is 0 Å². The van der Waals surface area contributed by atoms with Crippen LogP contribution >= 0.6 is 0 Å². The molecule has 2 aliphatic carbocycles. The zero-order chi connectivity index (χ0) is 19.2. The van der Waals surface area contributed by atoms with E-state index in [9.17, 15) is 8.78 Å². The van der Waals surface area contributed by atoms with Crippen LogP contribution in [0.5, 0.6) is 5.75 Å². The zero-order valence-corrected chi connectivity index (χ0v) is 16.9. The highest BCUT2D eigenvalue weighted by Crippen LogP contribution is 2.45. The van der Waals surface area contributed by atoms with E-state index in [0.29, 0.717) is 12.2 Å². The molecule has 3 heteroatoms. The fraction of sp³-hybridized carbons (Fsp3) is 0.667. The average Bonchev–Trinajstić information content (AvgIpc) is 2.70. The molecule has 27 heavy (non-hydrogen) atoms. The lowest BCUT2D eigenvalue weighted by molar-refractivity contribution is 0.170. The molecule has 1 aromatic carbocycles. The molecule has 0 amide bonds. The predicted molar refractivity (Wildman–Crippen MR) is 107 cm³/mol. The summed E-state index contributed by atoms with van der Waals surface area (Å²) in [5.41, 5.74) is 0.548. The lowest BCUT2D eigenvalue weighted by Crippen LogP contribution is -2.25. The Hall–Kier alpha value is -1.38. The normalized spacial score (nSPS) is 29.2. The number of hydrogen-bond donors (Lipinski definition) is 0. The molecule has 1 aromatic rings. The third kappa shape index (κ3) is 4.92. The standard InChI is InChI=1S/C24H34F2O/c1-3-5-17-6-8-18(9-7-17)19-10-12-20(13-11-19)21-14-15-22(27-16-4-2)24(26)23(21)25/h3,5,14-15,17-20H,4,6-13,16H2,1-2H3/b5-3+. The third-order valence-corrected chi connectivity index (χ3v) is 6.70. The third-order valence-electron chi connectivity index (χ3n) is 6.70. The van der Waals surface area contributed by atoms with Gasteiger partial charge in [0.25, 0.3) is 0 Å². The first kappa shape index (κ1) is 20.4. The first-order valence-electron chi connectivity index (χ1n) is 10.9. The molecule has 3 rings (SSSR count). The van der Waals surface area contributed by atoms with Crippen molar-refractivity contribution in [2.75, 3.05) is 6.61 Å². The molecule has 0 bridgehead atoms. The van der Waals surface area contributed by atoms with Crippen LogP contribution in [-0.4, -0.2) is 6.61 Å². The van der Waals surface area contributed by atoms with Gasteiger partial charge in [-0.2, -0.15) is 4.39 Å². The Morgan fingerprint density at radius 2 is 1.56 bits per heavy atom. The van der Waals surface area contributed by atoms with Gasteiger partial charge in [0.2, 0.25) is 5.82 Å². The second-order valence-corrected chi connectivity index (χ2v) is 8.44. The van der Waals surface area contributed by atoms with Gasteiger partial charge in [0, 0.05) is 0 Å². The molecule has 2 fully saturated rings. The van der Waals surface area contributed by atoms with E-state index >= 15 is 0 Å². The minimum absolute atomic E-state index is 0.0460. The summed E-state index contributed by atoms with van der Waals surface area (Å²) in [7, 11) is 0. The van der Waals surface area contributed by atoms with Gasteiger partial charge in [-0.15, -0.1) is 0 Å². The van der Waals surface area contributed by atoms with Crippen LogP contribution in [0.4, 0.5) is 8.78 Å². The van der Waals surface area contributed by atoms with Gasteiger partial charge in [0.15, 0.2) is 11.6 Å². The summed E-state index contributed by atoms with van der Waals surface area (Å²) in [5, 5.41) is 0. The average molecular weight is 377 g/mol. The van der Waals surface area contributed by atoms with Crippen molar-refractivity contribution in [1.82, 2.24) is 0 Å². The van der Waals surface area contributed by atoms with Crippen LogP contribution < -0.4 is 4.74 Å². The van der Waals surface area contributed by atoms with Crippen molar-refractivity contribution in [3.05, 3.63) is 41.5 Å². The lowest BCUT2D eigenvalue weighted by Gasteiger charge is -2.37. The van der Waals surface area contributed by atoms with Crippen LogP contribution in [0.1, 0.15) is 83.1 Å². The molecule has 0 heterocycles. The number of benzene rings is 1. The van der Waals surface area contributed by atoms with Crippen LogP contribution in [0.3, 0.4) is 0 Å². The van der Waals surface area contributed by atoms with Gasteiger partial charge in [0.05, 0.1) is 6.61 Å². The van der Waals surface area contributed by atoms with Gasteiger partial charge in [0.1, 0.15) is 0 Å². The van der Waals surface area contributed by atoms with Crippen molar-refractivity contribution >= 4 is 0 Å². The SMILES string of the molecule is C/C=C/C1CCC(C2CCC(c3ccc(OCCC)c(F)c3F)CC2)CC1. The van der Waals surface area contributed by atoms with E-state index in [1.807, 2.05) is 6.92 Å². The van der Waals surface area contributed by atoms with E-state index in [0.717, 1.165) is 49.9 Å². The maximum Gasteiger partial charge on any atom is 0.200 e. The minimum atomic E-state index is -0.814. The minimum Gasteiger partial charge on any atom is -0.490 e. The summed E-state index contributed by atoms with van der Waals surface area (Å²) in [5.74, 6) is 1.06. The van der Waals surface area contributed by atoms with Crippen LogP contribution in [0.15, 0.2) is 24.3 Å². The Morgan fingerprint density at radius 1 is 0.926 bits per heavy atom. The van der Waals surface area contributed by atoms with Crippen molar-refractivity contribution in [2.24, 2.45) is 17.8 Å². The Balaban J connectivity index is 1.56. The molecular weight excluding hydrogens is 342 g/mol. The summed E-state index contributed by atoms with van der Waals surface area (Å²) in [6.45, 7) is 4.48. The van der Waals surface area contributed by atoms with E-state index in [1.165, 1.54) is 25.7 Å². The van der Waals surface area contributed by atoms with Gasteiger partial charge in [-0.1, -0.05) is 25.1 Å². The topological polar surface area (TPSA) is 9.23 Å². The fourth-order valence-corrected chi connectivity index (χ4v) is 5.17. The molecule has 0 unspecified atom stereocenters. The maximum atomic E-state index is 14.6. The van der Waals surface area contributed by atoms with Crippen LogP contribution in [-0.2, 0) is 0 Å². The predicted octanol–water partition coefficient (Wildman–Crippen LogP) is 7.41. The summed E-state index contributed by atoms with van der Waals surface area (Å²) in [6.07, 6.45) is 14.9. The van der Waals surface area contributed by atoms with E-state index in [1.54, 1.807) is 12.1 Å². The summed E-state index contributed by atoms with van der Waals surface area (Å²) in [4.78, 5) is 0. The Labute approximate surface area is 163 Å². The summed E-state index contributed by atoms with van der Waals surface area (Å²) in [6, 6.07) is 3.36. The molecule has 0 saturated heterocycles. The molecule has 0 spiro atoms. The number of ether oxygens (including phenoxy) is 1. The van der Waals surface area contributed by atoms with Gasteiger partial charge in [-0.25, -0.2) is 4.39 Å². The Morgan fingerprint density at radius 3 is 2.15 bits per heavy atom. The van der Waals surface area contributed by atoms with Crippen molar-refractivity contribution < 1.29 is 13.5 Å². The number of hydrogen-bond acceptors (Lipinski definition) is 1. The van der Waals surface area contributed by atoms with Gasteiger partial charge in [-0.3, -0.25) is 0 Å². The molecule has 0 atom stereocenters. The van der Waals surface area contributed by atoms with E-state index in [-0.39, 0.29) is 11.7 Å². The van der Waals surface area contributed by atoms with E-state index < -0.39 is 11.6 Å². The van der Waals surface area contributed by atoms with Gasteiger partial charge < -0.3 is 4.74 Å². The van der Waals surface area contributed by atoms with Crippen molar-refractivity contribution in [3.8, 4) is 5.75 Å². The van der Waals surface area contributed by atoms with E-state index in [4.69, 9.17) is 4.74 Å². The van der Waals surface area contributed by atoms with Crippen LogP contribution in [0.25, 0.3) is 0 Å². The quantitative estimate of drug-likeness (QED) is 0.470. The number of halogens is 2. The lowest BCUT2D eigenvalue weighted by atomic mass is 9.68. The molecular formula is C24H34F2O. The smallest absolute Gasteiger partial charge is 0.200 e. The highest BCUT2D eigenvalue weighted by Gasteiger charge is 2.32. The first-order valence-corrected chi connectivity index (χ1v) is 10.9. The summed E-state index contributed by atoms with van der Waals surface area (Å²) < 4.78 is 34.2. The summed E-state index contributed by atoms with van der Waals surface area (Å²) >= 11 is 0. The molecule has 2 saturated carbocycles. The Kier molecular flexibility index (Phi) is 7.32. The number of rotatable bonds is 6. The largest absolute Gasteiger partial charge is 0.490 e. The molecule has 0 N–H and O–H groups in total. The molecule has 0 aliphatic heterocycles. The molecule has 1 nitrogen and oxygen atoms in total. The molecule has 0 radical (unpaired) electrons.